The van der Waals surface area contributed by atoms with Gasteiger partial charge in [0, 0.05) is 19.8 Å². The van der Waals surface area contributed by atoms with Crippen molar-refractivity contribution < 1.29 is 9.15 Å². The van der Waals surface area contributed by atoms with Crippen LogP contribution in [-0.4, -0.2) is 19.8 Å². The predicted octanol–water partition coefficient (Wildman–Crippen LogP) is 2.84. The van der Waals surface area contributed by atoms with E-state index in [1.165, 1.54) is 0 Å². The zero-order chi connectivity index (χ0) is 11.4. The minimum Gasteiger partial charge on any atom is -0.448 e. The normalized spacial score (nSPS) is 19.9. The highest BCUT2D eigenvalue weighted by atomic mass is 35.5. The fraction of sp³-hybridized carbons (Fsp3) is 0.667. The fourth-order valence-electron chi connectivity index (χ4n) is 1.98. The molecule has 0 aliphatic carbocycles. The van der Waals surface area contributed by atoms with Crippen molar-refractivity contribution in [2.24, 2.45) is 5.41 Å². The van der Waals surface area contributed by atoms with Gasteiger partial charge in [-0.15, -0.1) is 0 Å². The topological polar surface area (TPSA) is 34.4 Å². The lowest BCUT2D eigenvalue weighted by Crippen LogP contribution is -2.36. The van der Waals surface area contributed by atoms with E-state index in [0.717, 1.165) is 44.9 Å². The van der Waals surface area contributed by atoms with Crippen LogP contribution in [0, 0.1) is 5.41 Å². The molecule has 1 aromatic rings. The molecular weight excluding hydrogens is 226 g/mol. The Morgan fingerprint density at radius 1 is 1.38 bits per heavy atom. The van der Waals surface area contributed by atoms with Gasteiger partial charge in [0.15, 0.2) is 5.22 Å². The van der Waals surface area contributed by atoms with Crippen molar-refractivity contribution in [3.63, 3.8) is 0 Å². The van der Waals surface area contributed by atoms with Gasteiger partial charge in [0.1, 0.15) is 5.76 Å². The molecule has 90 valence electrons. The Balaban J connectivity index is 1.74. The second-order valence-corrected chi connectivity index (χ2v) is 5.10. The van der Waals surface area contributed by atoms with E-state index in [1.54, 1.807) is 6.07 Å². The molecule has 0 unspecified atom stereocenters. The van der Waals surface area contributed by atoms with E-state index in [4.69, 9.17) is 20.8 Å². The number of rotatable bonds is 4. The van der Waals surface area contributed by atoms with Crippen molar-refractivity contribution in [1.82, 2.24) is 5.32 Å². The van der Waals surface area contributed by atoms with E-state index < -0.39 is 0 Å². The van der Waals surface area contributed by atoms with E-state index in [-0.39, 0.29) is 0 Å². The number of furan rings is 1. The Hall–Kier alpha value is -0.510. The Morgan fingerprint density at radius 2 is 2.12 bits per heavy atom. The van der Waals surface area contributed by atoms with Crippen LogP contribution in [0.4, 0.5) is 0 Å². The minimum absolute atomic E-state index is 0.356. The van der Waals surface area contributed by atoms with Gasteiger partial charge in [-0.25, -0.2) is 0 Å². The molecule has 1 fully saturated rings. The molecule has 4 heteroatoms. The Labute approximate surface area is 101 Å². The van der Waals surface area contributed by atoms with Crippen LogP contribution in [0.3, 0.4) is 0 Å². The summed E-state index contributed by atoms with van der Waals surface area (Å²) in [4.78, 5) is 0. The van der Waals surface area contributed by atoms with Crippen molar-refractivity contribution in [2.75, 3.05) is 19.8 Å². The summed E-state index contributed by atoms with van der Waals surface area (Å²) in [5.74, 6) is 0.889. The monoisotopic (exact) mass is 243 g/mol. The van der Waals surface area contributed by atoms with Crippen LogP contribution in [0.5, 0.6) is 0 Å². The largest absolute Gasteiger partial charge is 0.448 e. The molecule has 0 aromatic carbocycles. The van der Waals surface area contributed by atoms with Gasteiger partial charge in [0.05, 0.1) is 6.54 Å². The highest BCUT2D eigenvalue weighted by Crippen LogP contribution is 2.28. The summed E-state index contributed by atoms with van der Waals surface area (Å²) in [6.45, 7) is 5.80. The summed E-state index contributed by atoms with van der Waals surface area (Å²) in [7, 11) is 0. The summed E-state index contributed by atoms with van der Waals surface area (Å²) >= 11 is 5.70. The smallest absolute Gasteiger partial charge is 0.193 e. The zero-order valence-electron chi connectivity index (χ0n) is 9.59. The van der Waals surface area contributed by atoms with Gasteiger partial charge in [-0.05, 0) is 42.0 Å². The molecule has 1 N–H and O–H groups in total. The third-order valence-electron chi connectivity index (χ3n) is 3.18. The van der Waals surface area contributed by atoms with Crippen LogP contribution in [0.1, 0.15) is 25.5 Å². The average molecular weight is 244 g/mol. The standard InChI is InChI=1S/C12H18ClNO2/c1-12(4-6-15-7-5-12)9-14-8-10-2-3-11(13)16-10/h2-3,14H,4-9H2,1H3. The van der Waals surface area contributed by atoms with Crippen molar-refractivity contribution >= 4 is 11.6 Å². The van der Waals surface area contributed by atoms with E-state index in [2.05, 4.69) is 12.2 Å². The van der Waals surface area contributed by atoms with Crippen LogP contribution in [0.25, 0.3) is 0 Å². The zero-order valence-corrected chi connectivity index (χ0v) is 10.3. The number of ether oxygens (including phenoxy) is 1. The first-order chi connectivity index (χ1) is 7.68. The number of halogens is 1. The first-order valence-electron chi connectivity index (χ1n) is 5.71. The Bertz CT molecular complexity index is 332. The molecule has 1 aromatic heterocycles. The van der Waals surface area contributed by atoms with Gasteiger partial charge in [-0.2, -0.15) is 0 Å². The summed E-state index contributed by atoms with van der Waals surface area (Å²) in [5, 5.41) is 3.87. The lowest BCUT2D eigenvalue weighted by Gasteiger charge is -2.33. The molecule has 1 aliphatic rings. The highest BCUT2D eigenvalue weighted by Gasteiger charge is 2.26. The molecule has 16 heavy (non-hydrogen) atoms. The third-order valence-corrected chi connectivity index (χ3v) is 3.38. The van der Waals surface area contributed by atoms with Gasteiger partial charge >= 0.3 is 0 Å². The Kier molecular flexibility index (Phi) is 3.90. The van der Waals surface area contributed by atoms with Gasteiger partial charge in [-0.1, -0.05) is 6.92 Å². The van der Waals surface area contributed by atoms with E-state index >= 15 is 0 Å². The fourth-order valence-corrected chi connectivity index (χ4v) is 2.14. The summed E-state index contributed by atoms with van der Waals surface area (Å²) in [6.07, 6.45) is 2.25. The van der Waals surface area contributed by atoms with Crippen LogP contribution in [-0.2, 0) is 11.3 Å². The quantitative estimate of drug-likeness (QED) is 0.883. The average Bonchev–Trinajstić information content (AvgIpc) is 2.65. The number of hydrogen-bond acceptors (Lipinski definition) is 3. The molecular formula is C12H18ClNO2. The second-order valence-electron chi connectivity index (χ2n) is 4.73. The van der Waals surface area contributed by atoms with Gasteiger partial charge in [0.25, 0.3) is 0 Å². The lowest BCUT2D eigenvalue weighted by molar-refractivity contribution is 0.0238. The molecule has 0 radical (unpaired) electrons. The Morgan fingerprint density at radius 3 is 2.75 bits per heavy atom. The van der Waals surface area contributed by atoms with Crippen molar-refractivity contribution in [3.05, 3.63) is 23.1 Å². The van der Waals surface area contributed by atoms with Crippen LogP contribution >= 0.6 is 11.6 Å². The molecule has 0 spiro atoms. The first kappa shape index (κ1) is 12.0. The molecule has 0 atom stereocenters. The minimum atomic E-state index is 0.356. The third kappa shape index (κ3) is 3.24. The lowest BCUT2D eigenvalue weighted by atomic mass is 9.82. The molecule has 0 saturated carbocycles. The maximum Gasteiger partial charge on any atom is 0.193 e. The van der Waals surface area contributed by atoms with Crippen LogP contribution in [0.15, 0.2) is 16.5 Å². The molecule has 2 rings (SSSR count). The van der Waals surface area contributed by atoms with Gasteiger partial charge < -0.3 is 14.5 Å². The highest BCUT2D eigenvalue weighted by molar-refractivity contribution is 6.28. The van der Waals surface area contributed by atoms with Gasteiger partial charge in [0.2, 0.25) is 0 Å². The summed E-state index contributed by atoms with van der Waals surface area (Å²) in [6, 6.07) is 3.68. The molecule has 3 nitrogen and oxygen atoms in total. The van der Waals surface area contributed by atoms with E-state index in [1.807, 2.05) is 6.07 Å². The summed E-state index contributed by atoms with van der Waals surface area (Å²) < 4.78 is 10.7. The van der Waals surface area contributed by atoms with E-state index in [9.17, 15) is 0 Å². The molecule has 1 aliphatic heterocycles. The molecule has 1 saturated heterocycles. The summed E-state index contributed by atoms with van der Waals surface area (Å²) in [5.41, 5.74) is 0.356. The maximum absolute atomic E-state index is 5.70. The maximum atomic E-state index is 5.70. The molecule has 0 bridgehead atoms. The van der Waals surface area contributed by atoms with Crippen LogP contribution < -0.4 is 5.32 Å². The predicted molar refractivity (Wildman–Crippen MR) is 63.6 cm³/mol. The van der Waals surface area contributed by atoms with Crippen LogP contribution in [0.2, 0.25) is 5.22 Å². The SMILES string of the molecule is CC1(CNCc2ccc(Cl)o2)CCOCC1. The van der Waals surface area contributed by atoms with Crippen molar-refractivity contribution in [1.29, 1.82) is 0 Å². The van der Waals surface area contributed by atoms with Crippen molar-refractivity contribution in [3.8, 4) is 0 Å². The first-order valence-corrected chi connectivity index (χ1v) is 6.08. The molecule has 2 heterocycles. The van der Waals surface area contributed by atoms with Gasteiger partial charge in [-0.3, -0.25) is 0 Å². The van der Waals surface area contributed by atoms with Crippen molar-refractivity contribution in [2.45, 2.75) is 26.3 Å². The molecule has 0 amide bonds. The second kappa shape index (κ2) is 5.21. The number of hydrogen-bond donors (Lipinski definition) is 1. The van der Waals surface area contributed by atoms with E-state index in [0.29, 0.717) is 10.6 Å². The number of nitrogens with one attached hydrogen (secondary N) is 1.